The van der Waals surface area contributed by atoms with E-state index in [0.717, 1.165) is 25.5 Å². The minimum atomic E-state index is 0.0176. The number of rotatable bonds is 5. The zero-order valence-electron chi connectivity index (χ0n) is 6.84. The summed E-state index contributed by atoms with van der Waals surface area (Å²) in [6.45, 7) is 4.00. The van der Waals surface area contributed by atoms with Crippen LogP contribution < -0.4 is 5.73 Å². The Bertz CT molecular complexity index is 91.3. The number of nitrogens with two attached hydrogens (primary N) is 1. The lowest BCUT2D eigenvalue weighted by atomic mass is 9.97. The highest BCUT2D eigenvalue weighted by molar-refractivity contribution is 5.54. The van der Waals surface area contributed by atoms with E-state index in [4.69, 9.17) is 5.73 Å². The van der Waals surface area contributed by atoms with Crippen LogP contribution in [0.25, 0.3) is 0 Å². The summed E-state index contributed by atoms with van der Waals surface area (Å²) in [7, 11) is 0. The molecule has 2 heteroatoms. The largest absolute Gasteiger partial charge is 0.327 e. The van der Waals surface area contributed by atoms with E-state index in [9.17, 15) is 4.79 Å². The fraction of sp³-hybridized carbons (Fsp3) is 0.875. The van der Waals surface area contributed by atoms with Crippen molar-refractivity contribution in [1.29, 1.82) is 0 Å². The molecule has 0 saturated carbocycles. The Hall–Kier alpha value is -0.370. The Balaban J connectivity index is 3.50. The fourth-order valence-electron chi connectivity index (χ4n) is 0.895. The van der Waals surface area contributed by atoms with Crippen molar-refractivity contribution in [1.82, 2.24) is 0 Å². The molecule has 0 bridgehead atoms. The Labute approximate surface area is 62.8 Å². The van der Waals surface area contributed by atoms with Crippen molar-refractivity contribution in [3.8, 4) is 0 Å². The molecular formula is C8H17NO. The molecule has 0 amide bonds. The van der Waals surface area contributed by atoms with E-state index in [2.05, 4.69) is 6.92 Å². The van der Waals surface area contributed by atoms with Crippen LogP contribution >= 0.6 is 0 Å². The number of hydrogen-bond donors (Lipinski definition) is 1. The maximum atomic E-state index is 10.4. The zero-order valence-corrected chi connectivity index (χ0v) is 6.84. The average molecular weight is 143 g/mol. The van der Waals surface area contributed by atoms with Crippen LogP contribution in [0.1, 0.15) is 33.1 Å². The quantitative estimate of drug-likeness (QED) is 0.590. The van der Waals surface area contributed by atoms with Gasteiger partial charge in [-0.3, -0.25) is 0 Å². The third-order valence-electron chi connectivity index (χ3n) is 1.74. The summed E-state index contributed by atoms with van der Waals surface area (Å²) >= 11 is 0. The van der Waals surface area contributed by atoms with Gasteiger partial charge in [0.15, 0.2) is 0 Å². The predicted molar refractivity (Wildman–Crippen MR) is 42.7 cm³/mol. The Morgan fingerprint density at radius 1 is 1.60 bits per heavy atom. The van der Waals surface area contributed by atoms with Gasteiger partial charge in [0, 0.05) is 12.0 Å². The Kier molecular flexibility index (Phi) is 5.22. The molecule has 2 nitrogen and oxygen atoms in total. The van der Waals surface area contributed by atoms with Crippen LogP contribution in [0.3, 0.4) is 0 Å². The normalized spacial score (nSPS) is 16.3. The molecule has 0 spiro atoms. The second-order valence-corrected chi connectivity index (χ2v) is 2.80. The zero-order chi connectivity index (χ0) is 7.98. The van der Waals surface area contributed by atoms with Crippen LogP contribution in [0.15, 0.2) is 0 Å². The van der Waals surface area contributed by atoms with Crippen molar-refractivity contribution in [3.05, 3.63) is 0 Å². The van der Waals surface area contributed by atoms with E-state index in [1.165, 1.54) is 0 Å². The fourth-order valence-corrected chi connectivity index (χ4v) is 0.895. The lowest BCUT2D eigenvalue weighted by Crippen LogP contribution is -2.27. The van der Waals surface area contributed by atoms with Gasteiger partial charge in [0.2, 0.25) is 0 Å². The highest BCUT2D eigenvalue weighted by Gasteiger charge is 2.10. The smallest absolute Gasteiger partial charge is 0.124 e. The van der Waals surface area contributed by atoms with Crippen LogP contribution in [0.2, 0.25) is 0 Å². The van der Waals surface area contributed by atoms with E-state index < -0.39 is 0 Å². The predicted octanol–water partition coefficient (Wildman–Crippen LogP) is 1.34. The third-order valence-corrected chi connectivity index (χ3v) is 1.74. The lowest BCUT2D eigenvalue weighted by Gasteiger charge is -2.12. The highest BCUT2D eigenvalue weighted by Crippen LogP contribution is 2.08. The molecule has 0 heterocycles. The summed E-state index contributed by atoms with van der Waals surface area (Å²) < 4.78 is 0. The van der Waals surface area contributed by atoms with Gasteiger partial charge in [-0.15, -0.1) is 0 Å². The van der Waals surface area contributed by atoms with Gasteiger partial charge in [-0.1, -0.05) is 19.8 Å². The number of unbranched alkanes of at least 4 members (excludes halogenated alkanes) is 1. The molecule has 0 radical (unpaired) electrons. The summed E-state index contributed by atoms with van der Waals surface area (Å²) in [5.74, 6) is 0.0694. The molecular weight excluding hydrogens is 126 g/mol. The lowest BCUT2D eigenvalue weighted by molar-refractivity contribution is -0.111. The van der Waals surface area contributed by atoms with Crippen LogP contribution in [0.4, 0.5) is 0 Å². The highest BCUT2D eigenvalue weighted by atomic mass is 16.1. The van der Waals surface area contributed by atoms with Crippen molar-refractivity contribution in [2.24, 2.45) is 11.7 Å². The summed E-state index contributed by atoms with van der Waals surface area (Å²) in [4.78, 5) is 10.4. The van der Waals surface area contributed by atoms with Crippen molar-refractivity contribution in [3.63, 3.8) is 0 Å². The first-order valence-corrected chi connectivity index (χ1v) is 3.93. The number of carbonyl (C=O) groups excluding carboxylic acids is 1. The number of aldehydes is 1. The van der Waals surface area contributed by atoms with E-state index in [1.54, 1.807) is 0 Å². The molecule has 0 fully saturated rings. The molecule has 2 atom stereocenters. The number of hydrogen-bond acceptors (Lipinski definition) is 2. The average Bonchev–Trinajstić information content (AvgIpc) is 1.89. The van der Waals surface area contributed by atoms with Crippen LogP contribution in [-0.2, 0) is 4.79 Å². The topological polar surface area (TPSA) is 43.1 Å². The molecule has 0 rings (SSSR count). The van der Waals surface area contributed by atoms with E-state index in [0.29, 0.717) is 0 Å². The first-order chi connectivity index (χ1) is 4.72. The van der Waals surface area contributed by atoms with Crippen molar-refractivity contribution in [2.45, 2.75) is 39.2 Å². The van der Waals surface area contributed by atoms with Gasteiger partial charge in [0.25, 0.3) is 0 Å². The molecule has 0 aliphatic carbocycles. The standard InChI is InChI=1S/C8H17NO/c1-3-4-5-8(6-10)7(2)9/h6-8H,3-5,9H2,1-2H3. The maximum absolute atomic E-state index is 10.4. The second-order valence-electron chi connectivity index (χ2n) is 2.80. The third kappa shape index (κ3) is 3.62. The molecule has 0 aliphatic rings. The Morgan fingerprint density at radius 3 is 2.50 bits per heavy atom. The van der Waals surface area contributed by atoms with E-state index >= 15 is 0 Å². The van der Waals surface area contributed by atoms with Gasteiger partial charge in [-0.25, -0.2) is 0 Å². The van der Waals surface area contributed by atoms with Crippen molar-refractivity contribution >= 4 is 6.29 Å². The maximum Gasteiger partial charge on any atom is 0.124 e. The van der Waals surface area contributed by atoms with Crippen molar-refractivity contribution < 1.29 is 4.79 Å². The van der Waals surface area contributed by atoms with Gasteiger partial charge < -0.3 is 10.5 Å². The summed E-state index contributed by atoms with van der Waals surface area (Å²) in [5.41, 5.74) is 5.56. The van der Waals surface area contributed by atoms with Gasteiger partial charge in [-0.05, 0) is 13.3 Å². The second kappa shape index (κ2) is 5.42. The number of carbonyl (C=O) groups is 1. The molecule has 0 aromatic heterocycles. The molecule has 10 heavy (non-hydrogen) atoms. The van der Waals surface area contributed by atoms with Gasteiger partial charge in [-0.2, -0.15) is 0 Å². The minimum absolute atomic E-state index is 0.0176. The summed E-state index contributed by atoms with van der Waals surface area (Å²) in [6.07, 6.45) is 4.15. The van der Waals surface area contributed by atoms with Crippen molar-refractivity contribution in [2.75, 3.05) is 0 Å². The van der Waals surface area contributed by atoms with Crippen LogP contribution in [-0.4, -0.2) is 12.3 Å². The van der Waals surface area contributed by atoms with Gasteiger partial charge >= 0.3 is 0 Å². The molecule has 2 unspecified atom stereocenters. The summed E-state index contributed by atoms with van der Waals surface area (Å²) in [6, 6.07) is 0.0176. The molecule has 0 aliphatic heterocycles. The monoisotopic (exact) mass is 143 g/mol. The van der Waals surface area contributed by atoms with Crippen LogP contribution in [0.5, 0.6) is 0 Å². The Morgan fingerprint density at radius 2 is 2.20 bits per heavy atom. The minimum Gasteiger partial charge on any atom is -0.327 e. The summed E-state index contributed by atoms with van der Waals surface area (Å²) in [5, 5.41) is 0. The molecule has 0 saturated heterocycles. The van der Waals surface area contributed by atoms with Crippen LogP contribution in [0, 0.1) is 5.92 Å². The first-order valence-electron chi connectivity index (χ1n) is 3.93. The van der Waals surface area contributed by atoms with E-state index in [1.807, 2.05) is 6.92 Å². The molecule has 60 valence electrons. The SMILES string of the molecule is CCCCC(C=O)C(C)N. The molecule has 2 N–H and O–H groups in total. The van der Waals surface area contributed by atoms with Gasteiger partial charge in [0.05, 0.1) is 0 Å². The first kappa shape index (κ1) is 9.63. The molecule has 0 aromatic rings. The molecule has 0 aromatic carbocycles. The van der Waals surface area contributed by atoms with E-state index in [-0.39, 0.29) is 12.0 Å². The van der Waals surface area contributed by atoms with Gasteiger partial charge in [0.1, 0.15) is 6.29 Å².